The standard InChI is InChI=1S/C26H27F3N4O/c1-17-6-10-21(24-30-12-4-13-31-24)22(15-17)25(34)33-14-3-5-18(2)23(33)11-9-20-8-7-19(16-32-20)26(27,28)29/h4,6-8,10,12-13,15-16,18,23H,3,5,9,11,14H2,1-2H3/t18-,23-/m1/s1. The Labute approximate surface area is 197 Å². The maximum atomic E-state index is 13.8. The molecule has 1 aliphatic heterocycles. The maximum absolute atomic E-state index is 13.8. The number of carbonyl (C=O) groups excluding carboxylic acids is 1. The highest BCUT2D eigenvalue weighted by Crippen LogP contribution is 2.32. The number of nitrogens with zero attached hydrogens (tertiary/aromatic N) is 4. The number of halogens is 3. The lowest BCUT2D eigenvalue weighted by Gasteiger charge is -2.40. The van der Waals surface area contributed by atoms with Crippen molar-refractivity contribution in [3.63, 3.8) is 0 Å². The van der Waals surface area contributed by atoms with Crippen molar-refractivity contribution >= 4 is 5.91 Å². The molecule has 2 atom stereocenters. The third-order valence-corrected chi connectivity index (χ3v) is 6.44. The summed E-state index contributed by atoms with van der Waals surface area (Å²) in [4.78, 5) is 28.4. The number of aryl methyl sites for hydroxylation is 2. The lowest BCUT2D eigenvalue weighted by molar-refractivity contribution is -0.137. The van der Waals surface area contributed by atoms with E-state index in [1.807, 2.05) is 30.0 Å². The Morgan fingerprint density at radius 1 is 1.12 bits per heavy atom. The molecule has 8 heteroatoms. The molecule has 2 aromatic heterocycles. The van der Waals surface area contributed by atoms with Crippen LogP contribution < -0.4 is 0 Å². The van der Waals surface area contributed by atoms with Gasteiger partial charge in [0.25, 0.3) is 5.91 Å². The molecule has 5 nitrogen and oxygen atoms in total. The first-order valence-corrected chi connectivity index (χ1v) is 11.4. The molecule has 0 saturated carbocycles. The van der Waals surface area contributed by atoms with Gasteiger partial charge in [-0.15, -0.1) is 0 Å². The molecule has 1 amide bonds. The molecular formula is C26H27F3N4O. The summed E-state index contributed by atoms with van der Waals surface area (Å²) in [5.41, 5.74) is 2.07. The second kappa shape index (κ2) is 9.91. The van der Waals surface area contributed by atoms with Crippen molar-refractivity contribution in [2.75, 3.05) is 6.54 Å². The number of rotatable bonds is 5. The molecule has 178 valence electrons. The highest BCUT2D eigenvalue weighted by molar-refractivity contribution is 6.00. The first kappa shape index (κ1) is 23.9. The van der Waals surface area contributed by atoms with E-state index in [0.29, 0.717) is 42.0 Å². The van der Waals surface area contributed by atoms with E-state index in [1.165, 1.54) is 6.07 Å². The Balaban J connectivity index is 1.57. The van der Waals surface area contributed by atoms with Gasteiger partial charge in [0.2, 0.25) is 0 Å². The van der Waals surface area contributed by atoms with E-state index < -0.39 is 11.7 Å². The summed E-state index contributed by atoms with van der Waals surface area (Å²) in [6, 6.07) is 9.89. The average molecular weight is 469 g/mol. The molecule has 34 heavy (non-hydrogen) atoms. The van der Waals surface area contributed by atoms with Crippen molar-refractivity contribution < 1.29 is 18.0 Å². The Bertz CT molecular complexity index is 1130. The lowest BCUT2D eigenvalue weighted by Crippen LogP contribution is -2.48. The number of carbonyl (C=O) groups is 1. The van der Waals surface area contributed by atoms with Crippen LogP contribution in [0.4, 0.5) is 13.2 Å². The summed E-state index contributed by atoms with van der Waals surface area (Å²) >= 11 is 0. The van der Waals surface area contributed by atoms with E-state index in [9.17, 15) is 18.0 Å². The van der Waals surface area contributed by atoms with Crippen molar-refractivity contribution in [3.05, 3.63) is 77.4 Å². The molecule has 3 aromatic rings. The minimum absolute atomic E-state index is 0.0320. The van der Waals surface area contributed by atoms with Crippen LogP contribution >= 0.6 is 0 Å². The van der Waals surface area contributed by atoms with Crippen LogP contribution in [-0.4, -0.2) is 38.3 Å². The molecule has 0 spiro atoms. The number of hydrogen-bond acceptors (Lipinski definition) is 4. The molecule has 1 saturated heterocycles. The minimum atomic E-state index is -4.40. The molecule has 0 radical (unpaired) electrons. The van der Waals surface area contributed by atoms with Gasteiger partial charge in [-0.3, -0.25) is 9.78 Å². The normalized spacial score (nSPS) is 18.7. The number of aromatic nitrogens is 3. The van der Waals surface area contributed by atoms with E-state index in [-0.39, 0.29) is 17.9 Å². The van der Waals surface area contributed by atoms with Crippen LogP contribution in [0, 0.1) is 12.8 Å². The quantitative estimate of drug-likeness (QED) is 0.479. The smallest absolute Gasteiger partial charge is 0.335 e. The Hall–Kier alpha value is -3.29. The first-order chi connectivity index (χ1) is 16.2. The molecule has 0 unspecified atom stereocenters. The fraction of sp³-hybridized carbons (Fsp3) is 0.385. The van der Waals surface area contributed by atoms with Crippen molar-refractivity contribution in [1.82, 2.24) is 19.9 Å². The van der Waals surface area contributed by atoms with Gasteiger partial charge < -0.3 is 4.90 Å². The summed E-state index contributed by atoms with van der Waals surface area (Å²) in [5, 5.41) is 0. The molecule has 0 aliphatic carbocycles. The fourth-order valence-corrected chi connectivity index (χ4v) is 4.60. The number of hydrogen-bond donors (Lipinski definition) is 0. The SMILES string of the molecule is Cc1ccc(-c2ncccn2)c(C(=O)N2CCC[C@@H](C)[C@H]2CCc2ccc(C(F)(F)F)cn2)c1. The number of pyridine rings is 1. The van der Waals surface area contributed by atoms with Gasteiger partial charge in [0.15, 0.2) is 5.82 Å². The summed E-state index contributed by atoms with van der Waals surface area (Å²) in [6.45, 7) is 4.71. The Morgan fingerprint density at radius 2 is 1.88 bits per heavy atom. The Kier molecular flexibility index (Phi) is 6.95. The van der Waals surface area contributed by atoms with Crippen LogP contribution in [0.2, 0.25) is 0 Å². The highest BCUT2D eigenvalue weighted by atomic mass is 19.4. The maximum Gasteiger partial charge on any atom is 0.417 e. The van der Waals surface area contributed by atoms with Crippen molar-refractivity contribution in [2.24, 2.45) is 5.92 Å². The van der Waals surface area contributed by atoms with Gasteiger partial charge in [0.1, 0.15) is 0 Å². The van der Waals surface area contributed by atoms with Crippen LogP contribution in [0.5, 0.6) is 0 Å². The number of piperidine rings is 1. The van der Waals surface area contributed by atoms with Crippen LogP contribution in [0.3, 0.4) is 0 Å². The van der Waals surface area contributed by atoms with Gasteiger partial charge in [-0.2, -0.15) is 13.2 Å². The summed E-state index contributed by atoms with van der Waals surface area (Å²) in [7, 11) is 0. The zero-order valence-corrected chi connectivity index (χ0v) is 19.2. The number of amides is 1. The highest BCUT2D eigenvalue weighted by Gasteiger charge is 2.34. The third-order valence-electron chi connectivity index (χ3n) is 6.44. The van der Waals surface area contributed by atoms with Crippen LogP contribution in [0.25, 0.3) is 11.4 Å². The first-order valence-electron chi connectivity index (χ1n) is 11.4. The third kappa shape index (κ3) is 5.26. The van der Waals surface area contributed by atoms with Gasteiger partial charge in [-0.1, -0.05) is 24.6 Å². The fourth-order valence-electron chi connectivity index (χ4n) is 4.60. The van der Waals surface area contributed by atoms with E-state index >= 15 is 0 Å². The molecule has 1 fully saturated rings. The zero-order chi connectivity index (χ0) is 24.3. The van der Waals surface area contributed by atoms with Crippen LogP contribution in [0.1, 0.15) is 53.4 Å². The second-order valence-electron chi connectivity index (χ2n) is 8.88. The lowest BCUT2D eigenvalue weighted by atomic mass is 9.86. The number of benzene rings is 1. The minimum Gasteiger partial charge on any atom is -0.335 e. The van der Waals surface area contributed by atoms with E-state index in [0.717, 1.165) is 30.7 Å². The van der Waals surface area contributed by atoms with Crippen molar-refractivity contribution in [3.8, 4) is 11.4 Å². The average Bonchev–Trinajstić information content (AvgIpc) is 2.83. The van der Waals surface area contributed by atoms with Gasteiger partial charge in [0, 0.05) is 42.4 Å². The molecule has 0 bridgehead atoms. The summed E-state index contributed by atoms with van der Waals surface area (Å²) in [6.07, 6.45) is 2.82. The van der Waals surface area contributed by atoms with E-state index in [4.69, 9.17) is 0 Å². The number of likely N-dealkylation sites (tertiary alicyclic amines) is 1. The topological polar surface area (TPSA) is 59.0 Å². The monoisotopic (exact) mass is 468 g/mol. The summed E-state index contributed by atoms with van der Waals surface area (Å²) in [5.74, 6) is 0.706. The largest absolute Gasteiger partial charge is 0.417 e. The van der Waals surface area contributed by atoms with Crippen LogP contribution in [0.15, 0.2) is 55.0 Å². The Morgan fingerprint density at radius 3 is 2.56 bits per heavy atom. The van der Waals surface area contributed by atoms with Gasteiger partial charge >= 0.3 is 6.18 Å². The molecule has 1 aromatic carbocycles. The molecule has 4 rings (SSSR count). The molecule has 0 N–H and O–H groups in total. The number of alkyl halides is 3. The predicted octanol–water partition coefficient (Wildman–Crippen LogP) is 5.74. The summed E-state index contributed by atoms with van der Waals surface area (Å²) < 4.78 is 38.5. The van der Waals surface area contributed by atoms with E-state index in [1.54, 1.807) is 18.5 Å². The van der Waals surface area contributed by atoms with Gasteiger partial charge in [0.05, 0.1) is 11.1 Å². The second-order valence-corrected chi connectivity index (χ2v) is 8.88. The van der Waals surface area contributed by atoms with Gasteiger partial charge in [-0.05, 0) is 62.8 Å². The molecule has 1 aliphatic rings. The molecule has 3 heterocycles. The molecular weight excluding hydrogens is 441 g/mol. The van der Waals surface area contributed by atoms with E-state index in [2.05, 4.69) is 21.9 Å². The predicted molar refractivity (Wildman–Crippen MR) is 123 cm³/mol. The van der Waals surface area contributed by atoms with Gasteiger partial charge in [-0.25, -0.2) is 9.97 Å². The van der Waals surface area contributed by atoms with Crippen LogP contribution in [-0.2, 0) is 12.6 Å². The zero-order valence-electron chi connectivity index (χ0n) is 19.2. The van der Waals surface area contributed by atoms with Crippen molar-refractivity contribution in [2.45, 2.75) is 51.7 Å². The van der Waals surface area contributed by atoms with Crippen molar-refractivity contribution in [1.29, 1.82) is 0 Å².